The van der Waals surface area contributed by atoms with E-state index in [2.05, 4.69) is 15.4 Å². The second kappa shape index (κ2) is 6.92. The summed E-state index contributed by atoms with van der Waals surface area (Å²) in [5.74, 6) is 0.129. The number of hydrogen-bond donors (Lipinski definition) is 2. The minimum atomic E-state index is -0.310. The van der Waals surface area contributed by atoms with Gasteiger partial charge in [0.05, 0.1) is 15.6 Å². The number of aromatic amines is 1. The van der Waals surface area contributed by atoms with Gasteiger partial charge in [0.15, 0.2) is 11.5 Å². The smallest absolute Gasteiger partial charge is 0.270 e. The third-order valence-electron chi connectivity index (χ3n) is 4.65. The van der Waals surface area contributed by atoms with Crippen LogP contribution in [0.3, 0.4) is 0 Å². The Morgan fingerprint density at radius 2 is 1.69 bits per heavy atom. The van der Waals surface area contributed by atoms with Crippen molar-refractivity contribution in [3.8, 4) is 11.4 Å². The molecule has 0 fully saturated rings. The van der Waals surface area contributed by atoms with Gasteiger partial charge in [0.1, 0.15) is 5.52 Å². The first-order valence-corrected chi connectivity index (χ1v) is 9.54. The van der Waals surface area contributed by atoms with Crippen molar-refractivity contribution < 1.29 is 4.79 Å². The van der Waals surface area contributed by atoms with Crippen LogP contribution in [0.5, 0.6) is 0 Å². The summed E-state index contributed by atoms with van der Waals surface area (Å²) in [6, 6.07) is 16.3. The quantitative estimate of drug-likeness (QED) is 0.416. The largest absolute Gasteiger partial charge is 0.338 e. The lowest BCUT2D eigenvalue weighted by molar-refractivity contribution is 0.101. The maximum atomic E-state index is 12.9. The monoisotopic (exact) mass is 421 g/mol. The van der Waals surface area contributed by atoms with Crippen molar-refractivity contribution in [3.63, 3.8) is 0 Å². The first kappa shape index (κ1) is 17.7. The van der Waals surface area contributed by atoms with E-state index < -0.39 is 0 Å². The number of fused-ring (bicyclic) bond motifs is 3. The molecule has 5 aromatic rings. The van der Waals surface area contributed by atoms with E-state index >= 15 is 0 Å². The molecule has 0 atom stereocenters. The van der Waals surface area contributed by atoms with E-state index in [1.807, 2.05) is 24.3 Å². The third kappa shape index (κ3) is 2.93. The lowest BCUT2D eigenvalue weighted by Gasteiger charge is -2.12. The van der Waals surface area contributed by atoms with Crippen molar-refractivity contribution in [2.45, 2.75) is 0 Å². The summed E-state index contributed by atoms with van der Waals surface area (Å²) in [6.45, 7) is 0. The number of benzene rings is 2. The highest BCUT2D eigenvalue weighted by Crippen LogP contribution is 2.36. The van der Waals surface area contributed by atoms with Crippen molar-refractivity contribution in [3.05, 3.63) is 82.6 Å². The Morgan fingerprint density at radius 3 is 2.45 bits per heavy atom. The van der Waals surface area contributed by atoms with Crippen LogP contribution in [-0.2, 0) is 0 Å². The second-order valence-electron chi connectivity index (χ2n) is 6.41. The van der Waals surface area contributed by atoms with Crippen LogP contribution in [-0.4, -0.2) is 25.5 Å². The van der Waals surface area contributed by atoms with Crippen LogP contribution in [0.1, 0.15) is 10.4 Å². The average Bonchev–Trinajstić information content (AvgIpc) is 3.26. The van der Waals surface area contributed by atoms with Gasteiger partial charge in [0, 0.05) is 28.9 Å². The van der Waals surface area contributed by atoms with E-state index in [4.69, 9.17) is 28.2 Å². The number of pyridine rings is 1. The van der Waals surface area contributed by atoms with Gasteiger partial charge in [-0.2, -0.15) is 0 Å². The van der Waals surface area contributed by atoms with Gasteiger partial charge in [-0.15, -0.1) is 0 Å². The maximum Gasteiger partial charge on any atom is 0.270 e. The molecule has 0 saturated carbocycles. The van der Waals surface area contributed by atoms with E-state index in [0.29, 0.717) is 38.2 Å². The number of rotatable bonds is 3. The highest BCUT2D eigenvalue weighted by molar-refractivity contribution is 6.39. The van der Waals surface area contributed by atoms with Crippen molar-refractivity contribution >= 4 is 51.2 Å². The zero-order valence-electron chi connectivity index (χ0n) is 14.9. The summed E-state index contributed by atoms with van der Waals surface area (Å²) in [5.41, 5.74) is 6.17. The molecular weight excluding hydrogens is 409 g/mol. The summed E-state index contributed by atoms with van der Waals surface area (Å²) in [5, 5.41) is 1.81. The molecule has 0 saturated heterocycles. The van der Waals surface area contributed by atoms with Gasteiger partial charge >= 0.3 is 0 Å². The number of halogens is 2. The summed E-state index contributed by atoms with van der Waals surface area (Å²) >= 11 is 12.9. The predicted molar refractivity (Wildman–Crippen MR) is 115 cm³/mol. The van der Waals surface area contributed by atoms with Crippen LogP contribution >= 0.6 is 23.2 Å². The molecule has 0 aliphatic heterocycles. The van der Waals surface area contributed by atoms with Gasteiger partial charge in [-0.05, 0) is 30.3 Å². The molecule has 0 aliphatic rings. The zero-order chi connectivity index (χ0) is 20.0. The molecule has 2 N–H and O–H groups in total. The molecule has 0 radical (unpaired) electrons. The Labute approximate surface area is 175 Å². The summed E-state index contributed by atoms with van der Waals surface area (Å²) in [6.07, 6.45) is 3.13. The predicted octanol–water partition coefficient (Wildman–Crippen LogP) is 5.27. The highest BCUT2D eigenvalue weighted by Gasteiger charge is 2.22. The lowest BCUT2D eigenvalue weighted by atomic mass is 10.2. The summed E-state index contributed by atoms with van der Waals surface area (Å²) in [4.78, 5) is 24.9. The first-order chi connectivity index (χ1) is 14.1. The van der Waals surface area contributed by atoms with E-state index in [1.165, 1.54) is 0 Å². The summed E-state index contributed by atoms with van der Waals surface area (Å²) < 4.78 is 1.59. The van der Waals surface area contributed by atoms with Crippen LogP contribution in [0.4, 0.5) is 0 Å². The van der Waals surface area contributed by atoms with Crippen molar-refractivity contribution in [2.24, 2.45) is 0 Å². The number of carbonyl (C=O) groups is 1. The number of amides is 1. The number of H-pyrrole nitrogens is 1. The minimum absolute atomic E-state index is 0.310. The maximum absolute atomic E-state index is 12.9. The molecule has 2 aromatic carbocycles. The molecule has 8 heteroatoms. The molecule has 0 unspecified atom stereocenters. The fraction of sp³-hybridized carbons (Fsp3) is 0. The molecule has 5 rings (SSSR count). The van der Waals surface area contributed by atoms with Crippen LogP contribution in [0, 0.1) is 0 Å². The van der Waals surface area contributed by atoms with E-state index in [0.717, 1.165) is 10.9 Å². The van der Waals surface area contributed by atoms with Crippen LogP contribution in [0.2, 0.25) is 10.0 Å². The van der Waals surface area contributed by atoms with E-state index in [9.17, 15) is 4.79 Å². The number of hydrogen-bond acceptors (Lipinski definition) is 3. The molecule has 0 spiro atoms. The number of carbonyl (C=O) groups excluding carboxylic acids is 1. The van der Waals surface area contributed by atoms with Crippen molar-refractivity contribution in [1.29, 1.82) is 0 Å². The number of imidazole rings is 1. The number of nitrogens with one attached hydrogen (secondary N) is 2. The topological polar surface area (TPSA) is 75.6 Å². The Kier molecular flexibility index (Phi) is 4.23. The lowest BCUT2D eigenvalue weighted by Crippen LogP contribution is -2.24. The molecule has 0 aliphatic carbocycles. The molecule has 0 bridgehead atoms. The van der Waals surface area contributed by atoms with E-state index in [1.54, 1.807) is 47.4 Å². The molecule has 1 amide bonds. The first-order valence-electron chi connectivity index (χ1n) is 8.78. The Balaban J connectivity index is 1.76. The number of aromatic nitrogens is 4. The summed E-state index contributed by atoms with van der Waals surface area (Å²) in [7, 11) is 0. The Hall–Kier alpha value is -3.35. The molecule has 29 heavy (non-hydrogen) atoms. The SMILES string of the molecule is O=C(Nn1c(-c2c(Cl)cccc2Cl)nc2c3ccccc3[nH]c21)c1ccncc1. The van der Waals surface area contributed by atoms with Crippen molar-refractivity contribution in [1.82, 2.24) is 19.6 Å². The standard InChI is InChI=1S/C21H13Cl2N5O/c22-14-5-3-6-15(23)17(14)19-26-18-13-4-1-2-7-16(13)25-20(18)28(19)27-21(29)12-8-10-24-11-9-12/h1-11,25H,(H,27,29). The number of para-hydroxylation sites is 1. The molecule has 6 nitrogen and oxygen atoms in total. The zero-order valence-corrected chi connectivity index (χ0v) is 16.4. The molecule has 3 aromatic heterocycles. The van der Waals surface area contributed by atoms with Gasteiger partial charge in [-0.3, -0.25) is 15.2 Å². The van der Waals surface area contributed by atoms with Crippen molar-refractivity contribution in [2.75, 3.05) is 5.43 Å². The van der Waals surface area contributed by atoms with Gasteiger partial charge in [0.25, 0.3) is 5.91 Å². The average molecular weight is 422 g/mol. The molecular formula is C21H13Cl2N5O. The molecule has 3 heterocycles. The van der Waals surface area contributed by atoms with Gasteiger partial charge in [-0.1, -0.05) is 47.5 Å². The Morgan fingerprint density at radius 1 is 0.966 bits per heavy atom. The number of nitrogens with zero attached hydrogens (tertiary/aromatic N) is 3. The van der Waals surface area contributed by atoms with Gasteiger partial charge in [-0.25, -0.2) is 9.66 Å². The van der Waals surface area contributed by atoms with Crippen LogP contribution < -0.4 is 5.43 Å². The van der Waals surface area contributed by atoms with E-state index in [-0.39, 0.29) is 5.91 Å². The fourth-order valence-electron chi connectivity index (χ4n) is 3.31. The van der Waals surface area contributed by atoms with Crippen LogP contribution in [0.15, 0.2) is 67.0 Å². The van der Waals surface area contributed by atoms with Gasteiger partial charge in [0.2, 0.25) is 0 Å². The highest BCUT2D eigenvalue weighted by atomic mass is 35.5. The second-order valence-corrected chi connectivity index (χ2v) is 7.23. The molecule has 142 valence electrons. The normalized spacial score (nSPS) is 11.2. The minimum Gasteiger partial charge on any atom is -0.338 e. The fourth-order valence-corrected chi connectivity index (χ4v) is 3.87. The van der Waals surface area contributed by atoms with Gasteiger partial charge < -0.3 is 4.98 Å². The Bertz CT molecular complexity index is 1350. The van der Waals surface area contributed by atoms with Crippen LogP contribution in [0.25, 0.3) is 33.5 Å². The third-order valence-corrected chi connectivity index (χ3v) is 5.28.